The predicted octanol–water partition coefficient (Wildman–Crippen LogP) is 2.43. The van der Waals surface area contributed by atoms with Gasteiger partial charge in [0.15, 0.2) is 0 Å². The Hall–Kier alpha value is -0.390. The van der Waals surface area contributed by atoms with Crippen LogP contribution in [0, 0.1) is 0 Å². The van der Waals surface area contributed by atoms with E-state index in [1.165, 1.54) is 6.08 Å². The van der Waals surface area contributed by atoms with Crippen molar-refractivity contribution in [2.45, 2.75) is 13.3 Å². The van der Waals surface area contributed by atoms with Crippen LogP contribution in [0.4, 0.5) is 8.78 Å². The molecule has 4 nitrogen and oxygen atoms in total. The highest BCUT2D eigenvalue weighted by Crippen LogP contribution is 2.55. The first-order valence-corrected chi connectivity index (χ1v) is 7.27. The molecule has 0 heterocycles. The topological polar surface area (TPSA) is 55.4 Å². The van der Waals surface area contributed by atoms with E-state index in [1.807, 2.05) is 0 Å². The summed E-state index contributed by atoms with van der Waals surface area (Å²) < 4.78 is 40.3. The lowest BCUT2D eigenvalue weighted by atomic mass is 10.7. The van der Waals surface area contributed by atoms with Gasteiger partial charge in [-0.15, -0.1) is 6.58 Å². The fourth-order valence-corrected chi connectivity index (χ4v) is 3.71. The first kappa shape index (κ1) is 14.6. The Kier molecular flexibility index (Phi) is 6.80. The maximum absolute atomic E-state index is 11.9. The van der Waals surface area contributed by atoms with Crippen molar-refractivity contribution in [1.82, 2.24) is 5.09 Å². The molecule has 0 bridgehead atoms. The van der Waals surface area contributed by atoms with Gasteiger partial charge < -0.3 is 4.52 Å². The molecule has 0 aliphatic heterocycles. The normalized spacial score (nSPS) is 14.7. The summed E-state index contributed by atoms with van der Waals surface area (Å²) in [6.45, 7) is 1.34. The van der Waals surface area contributed by atoms with Crippen molar-refractivity contribution >= 4 is 24.0 Å². The van der Waals surface area contributed by atoms with Crippen molar-refractivity contribution in [2.24, 2.45) is 0 Å². The van der Waals surface area contributed by atoms with Gasteiger partial charge in [-0.05, 0) is 11.4 Å². The smallest absolute Gasteiger partial charge is 0.302 e. The van der Waals surface area contributed by atoms with Crippen LogP contribution >= 0.6 is 18.1 Å². The van der Waals surface area contributed by atoms with Gasteiger partial charge in [-0.3, -0.25) is 14.4 Å². The quantitative estimate of drug-likeness (QED) is 0.563. The maximum atomic E-state index is 11.9. The second-order valence-electron chi connectivity index (χ2n) is 2.28. The molecule has 0 saturated carbocycles. The van der Waals surface area contributed by atoms with Crippen LogP contribution in [0.3, 0.4) is 0 Å². The Morgan fingerprint density at radius 3 is 2.73 bits per heavy atom. The summed E-state index contributed by atoms with van der Waals surface area (Å²) in [5.74, 6) is -1.22. The molecule has 0 saturated heterocycles. The van der Waals surface area contributed by atoms with Gasteiger partial charge in [-0.2, -0.15) is 8.78 Å². The molecule has 15 heavy (non-hydrogen) atoms. The molecule has 0 aliphatic carbocycles. The number of hydrogen-bond acceptors (Lipinski definition) is 4. The third-order valence-electron chi connectivity index (χ3n) is 1.11. The fraction of sp³-hybridized carbons (Fsp3) is 0.571. The van der Waals surface area contributed by atoms with Gasteiger partial charge in [0.05, 0.1) is 6.61 Å². The molecule has 0 rings (SSSR count). The van der Waals surface area contributed by atoms with Gasteiger partial charge in [0.1, 0.15) is 0 Å². The minimum absolute atomic E-state index is 0.0756. The molecule has 1 N–H and O–H groups in total. The number of amides is 1. The van der Waals surface area contributed by atoms with Gasteiger partial charge in [-0.25, -0.2) is 0 Å². The second kappa shape index (κ2) is 6.98. The summed E-state index contributed by atoms with van der Waals surface area (Å²) in [5.41, 5.74) is 0. The van der Waals surface area contributed by atoms with E-state index in [-0.39, 0.29) is 6.61 Å². The standard InChI is InChI=1S/C7H12F2NO3PS/c1-3-5-13-14(12,15-4-2)10-7(11)6(8)9/h3,6H,1,4-5H2,2H3,(H,10,11,12). The van der Waals surface area contributed by atoms with Crippen molar-refractivity contribution in [3.05, 3.63) is 12.7 Å². The molecule has 0 aromatic carbocycles. The van der Waals surface area contributed by atoms with Crippen molar-refractivity contribution in [3.63, 3.8) is 0 Å². The monoisotopic (exact) mass is 259 g/mol. The first-order chi connectivity index (χ1) is 6.95. The highest BCUT2D eigenvalue weighted by Gasteiger charge is 2.29. The minimum atomic E-state index is -3.58. The number of nitrogens with one attached hydrogen (secondary N) is 1. The number of hydrogen-bond donors (Lipinski definition) is 1. The highest BCUT2D eigenvalue weighted by molar-refractivity contribution is 8.56. The van der Waals surface area contributed by atoms with Crippen LogP contribution in [-0.4, -0.2) is 24.7 Å². The van der Waals surface area contributed by atoms with E-state index >= 15 is 0 Å². The molecule has 0 aromatic heterocycles. The van der Waals surface area contributed by atoms with Crippen LogP contribution in [0.1, 0.15) is 6.92 Å². The summed E-state index contributed by atoms with van der Waals surface area (Å²) in [4.78, 5) is 10.6. The molecule has 0 spiro atoms. The molecule has 0 aliphatic rings. The molecule has 8 heteroatoms. The van der Waals surface area contributed by atoms with Gasteiger partial charge in [0, 0.05) is 5.75 Å². The summed E-state index contributed by atoms with van der Waals surface area (Å²) in [7, 11) is 0. The van der Waals surface area contributed by atoms with E-state index in [9.17, 15) is 18.1 Å². The molecule has 1 amide bonds. The molecule has 88 valence electrons. The van der Waals surface area contributed by atoms with Crippen LogP contribution in [0.2, 0.25) is 0 Å². The number of halogens is 2. The Bertz CT molecular complexity index is 275. The van der Waals surface area contributed by atoms with E-state index in [4.69, 9.17) is 4.52 Å². The van der Waals surface area contributed by atoms with Gasteiger partial charge in [0.2, 0.25) is 0 Å². The van der Waals surface area contributed by atoms with Crippen LogP contribution < -0.4 is 5.09 Å². The lowest BCUT2D eigenvalue weighted by molar-refractivity contribution is -0.129. The predicted molar refractivity (Wildman–Crippen MR) is 56.0 cm³/mol. The Balaban J connectivity index is 4.43. The van der Waals surface area contributed by atoms with Crippen LogP contribution in [0.15, 0.2) is 12.7 Å². The second-order valence-corrected chi connectivity index (χ2v) is 6.81. The number of carbonyl (C=O) groups is 1. The summed E-state index contributed by atoms with van der Waals surface area (Å²) in [5, 5.41) is 1.69. The van der Waals surface area contributed by atoms with Gasteiger partial charge >= 0.3 is 13.1 Å². The Labute approximate surface area is 90.7 Å². The molecule has 0 aromatic rings. The lowest BCUT2D eigenvalue weighted by Gasteiger charge is -2.16. The molecule has 0 radical (unpaired) electrons. The van der Waals surface area contributed by atoms with E-state index in [1.54, 1.807) is 12.0 Å². The van der Waals surface area contributed by atoms with E-state index in [0.29, 0.717) is 5.75 Å². The highest BCUT2D eigenvalue weighted by atomic mass is 32.7. The first-order valence-electron chi connectivity index (χ1n) is 4.05. The van der Waals surface area contributed by atoms with E-state index < -0.39 is 19.1 Å². The largest absolute Gasteiger partial charge is 0.353 e. The van der Waals surface area contributed by atoms with E-state index in [2.05, 4.69) is 6.58 Å². The number of rotatable bonds is 7. The zero-order valence-electron chi connectivity index (χ0n) is 8.11. The fourth-order valence-electron chi connectivity index (χ4n) is 0.606. The summed E-state index contributed by atoms with van der Waals surface area (Å²) in [6.07, 6.45) is -1.89. The van der Waals surface area contributed by atoms with Crippen molar-refractivity contribution in [2.75, 3.05) is 12.4 Å². The minimum Gasteiger partial charge on any atom is -0.302 e. The molecule has 0 fully saturated rings. The Morgan fingerprint density at radius 2 is 2.33 bits per heavy atom. The third-order valence-corrected chi connectivity index (χ3v) is 5.07. The molecular formula is C7H12F2NO3PS. The van der Waals surface area contributed by atoms with Crippen molar-refractivity contribution in [3.8, 4) is 0 Å². The maximum Gasteiger partial charge on any atom is 0.353 e. The van der Waals surface area contributed by atoms with Crippen LogP contribution in [-0.2, 0) is 13.9 Å². The third kappa shape index (κ3) is 5.92. The van der Waals surface area contributed by atoms with Crippen molar-refractivity contribution in [1.29, 1.82) is 0 Å². The van der Waals surface area contributed by atoms with Crippen molar-refractivity contribution < 1.29 is 22.7 Å². The SMILES string of the molecule is C=CCOP(=O)(NC(=O)C(F)F)SCC. The average Bonchev–Trinajstić information content (AvgIpc) is 2.15. The van der Waals surface area contributed by atoms with Crippen LogP contribution in [0.5, 0.6) is 0 Å². The number of alkyl halides is 2. The molecule has 1 unspecified atom stereocenters. The average molecular weight is 259 g/mol. The van der Waals surface area contributed by atoms with Gasteiger partial charge in [-0.1, -0.05) is 13.0 Å². The van der Waals surface area contributed by atoms with Crippen LogP contribution in [0.25, 0.3) is 0 Å². The van der Waals surface area contributed by atoms with E-state index in [0.717, 1.165) is 11.4 Å². The Morgan fingerprint density at radius 1 is 1.73 bits per heavy atom. The zero-order chi connectivity index (χ0) is 11.9. The number of carbonyl (C=O) groups excluding carboxylic acids is 1. The summed E-state index contributed by atoms with van der Waals surface area (Å²) in [6, 6.07) is 0. The molecule has 1 atom stereocenters. The summed E-state index contributed by atoms with van der Waals surface area (Å²) >= 11 is 0.785. The van der Waals surface area contributed by atoms with Gasteiger partial charge in [0.25, 0.3) is 5.91 Å². The lowest BCUT2D eigenvalue weighted by Crippen LogP contribution is -2.26. The molecular weight excluding hydrogens is 247 g/mol. The zero-order valence-corrected chi connectivity index (χ0v) is 9.82.